The van der Waals surface area contributed by atoms with E-state index in [-0.39, 0.29) is 0 Å². The second kappa shape index (κ2) is 3.54. The van der Waals surface area contributed by atoms with Crippen LogP contribution in [0.4, 0.5) is 4.79 Å². The summed E-state index contributed by atoms with van der Waals surface area (Å²) in [5.41, 5.74) is 4.69. The van der Waals surface area contributed by atoms with Gasteiger partial charge in [0.15, 0.2) is 6.54 Å². The third kappa shape index (κ3) is 2.21. The molecule has 0 saturated heterocycles. The first kappa shape index (κ1) is 8.54. The van der Waals surface area contributed by atoms with Gasteiger partial charge >= 0.3 is 6.03 Å². The number of carbonyl (C=O) groups is 2. The van der Waals surface area contributed by atoms with E-state index in [0.29, 0.717) is 4.90 Å². The van der Waals surface area contributed by atoms with E-state index < -0.39 is 18.5 Å². The van der Waals surface area contributed by atoms with Crippen molar-refractivity contribution in [3.05, 3.63) is 4.91 Å². The highest BCUT2D eigenvalue weighted by molar-refractivity contribution is 5.94. The Morgan fingerprint density at radius 1 is 1.60 bits per heavy atom. The summed E-state index contributed by atoms with van der Waals surface area (Å²) < 4.78 is 0. The van der Waals surface area contributed by atoms with Crippen LogP contribution in [0.2, 0.25) is 0 Å². The lowest BCUT2D eigenvalue weighted by molar-refractivity contribution is -0.125. The van der Waals surface area contributed by atoms with Crippen LogP contribution >= 0.6 is 0 Å². The second-order valence-corrected chi connectivity index (χ2v) is 1.58. The van der Waals surface area contributed by atoms with Crippen molar-refractivity contribution in [2.24, 2.45) is 10.9 Å². The van der Waals surface area contributed by atoms with E-state index in [1.54, 1.807) is 0 Å². The topological polar surface area (TPSA) is 92.8 Å². The van der Waals surface area contributed by atoms with Gasteiger partial charge in [-0.15, -0.1) is 0 Å². The van der Waals surface area contributed by atoms with Crippen LogP contribution in [0.25, 0.3) is 0 Å². The molecule has 3 amide bonds. The van der Waals surface area contributed by atoms with Crippen LogP contribution in [0.1, 0.15) is 0 Å². The highest BCUT2D eigenvalue weighted by atomic mass is 16.3. The Morgan fingerprint density at radius 2 is 2.10 bits per heavy atom. The number of imide groups is 1. The number of amides is 3. The van der Waals surface area contributed by atoms with Gasteiger partial charge in [0.25, 0.3) is 5.91 Å². The molecule has 0 atom stereocenters. The average molecular weight is 145 g/mol. The third-order valence-electron chi connectivity index (χ3n) is 0.904. The van der Waals surface area contributed by atoms with Gasteiger partial charge in [-0.25, -0.2) is 4.79 Å². The molecule has 6 heteroatoms. The molecule has 0 aliphatic rings. The minimum atomic E-state index is -0.895. The molecule has 0 radical (unpaired) electrons. The van der Waals surface area contributed by atoms with Gasteiger partial charge in [0, 0.05) is 7.05 Å². The lowest BCUT2D eigenvalue weighted by atomic mass is 10.5. The van der Waals surface area contributed by atoms with Gasteiger partial charge in [0.2, 0.25) is 0 Å². The largest absolute Gasteiger partial charge is 0.351 e. The number of likely N-dealkylation sites (N-methyl/N-ethyl adjacent to an activating group) is 1. The van der Waals surface area contributed by atoms with E-state index >= 15 is 0 Å². The first-order valence-corrected chi connectivity index (χ1v) is 2.44. The van der Waals surface area contributed by atoms with E-state index in [9.17, 15) is 14.5 Å². The highest BCUT2D eigenvalue weighted by Gasteiger charge is 2.12. The van der Waals surface area contributed by atoms with Gasteiger partial charge in [-0.1, -0.05) is 5.18 Å². The van der Waals surface area contributed by atoms with Crippen molar-refractivity contribution in [2.75, 3.05) is 13.6 Å². The molecule has 0 heterocycles. The van der Waals surface area contributed by atoms with Gasteiger partial charge in [-0.3, -0.25) is 9.69 Å². The Labute approximate surface area is 57.0 Å². The molecule has 0 aromatic rings. The van der Waals surface area contributed by atoms with E-state index in [1.807, 2.05) is 0 Å². The van der Waals surface area contributed by atoms with Gasteiger partial charge in [-0.2, -0.15) is 4.91 Å². The third-order valence-corrected chi connectivity index (χ3v) is 0.904. The van der Waals surface area contributed by atoms with Crippen molar-refractivity contribution in [2.45, 2.75) is 0 Å². The lowest BCUT2D eigenvalue weighted by Gasteiger charge is -2.08. The quantitative estimate of drug-likeness (QED) is 0.520. The SMILES string of the molecule is CN(C(N)=O)C(=O)CN=O. The number of nitrogens with zero attached hydrogens (tertiary/aromatic N) is 2. The van der Waals surface area contributed by atoms with Crippen molar-refractivity contribution >= 4 is 11.9 Å². The maximum absolute atomic E-state index is 10.5. The van der Waals surface area contributed by atoms with Gasteiger partial charge < -0.3 is 5.73 Å². The van der Waals surface area contributed by atoms with Crippen LogP contribution in [0.5, 0.6) is 0 Å². The van der Waals surface area contributed by atoms with E-state index in [2.05, 4.69) is 10.9 Å². The molecule has 0 saturated carbocycles. The summed E-state index contributed by atoms with van der Waals surface area (Å²) in [7, 11) is 1.18. The maximum atomic E-state index is 10.5. The maximum Gasteiger partial charge on any atom is 0.321 e. The number of nitroso groups, excluding NO2 is 1. The summed E-state index contributed by atoms with van der Waals surface area (Å²) in [6.07, 6.45) is 0. The number of hydrogen-bond acceptors (Lipinski definition) is 4. The summed E-state index contributed by atoms with van der Waals surface area (Å²) in [6, 6.07) is -0.895. The number of rotatable bonds is 2. The van der Waals surface area contributed by atoms with Crippen LogP contribution in [-0.4, -0.2) is 30.4 Å². The zero-order valence-electron chi connectivity index (χ0n) is 5.40. The molecule has 10 heavy (non-hydrogen) atoms. The van der Waals surface area contributed by atoms with Gasteiger partial charge in [0.05, 0.1) is 0 Å². The smallest absolute Gasteiger partial charge is 0.321 e. The average Bonchev–Trinajstić information content (AvgIpc) is 1.87. The molecule has 0 fully saturated rings. The van der Waals surface area contributed by atoms with Crippen LogP contribution in [0.15, 0.2) is 5.18 Å². The van der Waals surface area contributed by atoms with Crippen molar-refractivity contribution < 1.29 is 9.59 Å². The van der Waals surface area contributed by atoms with Crippen LogP contribution < -0.4 is 5.73 Å². The van der Waals surface area contributed by atoms with Gasteiger partial charge in [-0.05, 0) is 0 Å². The Hall–Kier alpha value is -1.46. The monoisotopic (exact) mass is 145 g/mol. The highest BCUT2D eigenvalue weighted by Crippen LogP contribution is 1.83. The van der Waals surface area contributed by atoms with Crippen molar-refractivity contribution in [1.82, 2.24) is 4.90 Å². The molecule has 56 valence electrons. The first-order valence-electron chi connectivity index (χ1n) is 2.44. The summed E-state index contributed by atoms with van der Waals surface area (Å²) >= 11 is 0. The molecule has 0 aliphatic carbocycles. The minimum Gasteiger partial charge on any atom is -0.351 e. The molecule has 0 aromatic heterocycles. The summed E-state index contributed by atoms with van der Waals surface area (Å²) in [5, 5.41) is 2.29. The standard InChI is InChI=1S/C4H7N3O3/c1-7(4(5)9)3(8)2-6-10/h2H2,1H3,(H2,5,9). The zero-order valence-corrected chi connectivity index (χ0v) is 5.40. The van der Waals surface area contributed by atoms with Crippen LogP contribution in [-0.2, 0) is 4.79 Å². The fourth-order valence-electron chi connectivity index (χ4n) is 0.284. The van der Waals surface area contributed by atoms with Crippen molar-refractivity contribution in [1.29, 1.82) is 0 Å². The van der Waals surface area contributed by atoms with E-state index in [4.69, 9.17) is 0 Å². The number of nitrogens with two attached hydrogens (primary N) is 1. The molecule has 0 bridgehead atoms. The molecule has 2 N–H and O–H groups in total. The lowest BCUT2D eigenvalue weighted by Crippen LogP contribution is -2.38. The summed E-state index contributed by atoms with van der Waals surface area (Å²) in [6.45, 7) is -0.556. The van der Waals surface area contributed by atoms with E-state index in [1.165, 1.54) is 7.05 Å². The minimum absolute atomic E-state index is 0.556. The molecule has 0 aromatic carbocycles. The molecule has 0 rings (SSSR count). The number of primary amides is 1. The Kier molecular flexibility index (Phi) is 3.03. The number of carbonyl (C=O) groups excluding carboxylic acids is 2. The molecule has 0 spiro atoms. The van der Waals surface area contributed by atoms with Crippen molar-refractivity contribution in [3.8, 4) is 0 Å². The first-order chi connectivity index (χ1) is 4.59. The summed E-state index contributed by atoms with van der Waals surface area (Å²) in [5.74, 6) is -0.706. The predicted octanol–water partition coefficient (Wildman–Crippen LogP) is -0.710. The molecular formula is C4H7N3O3. The number of urea groups is 1. The summed E-state index contributed by atoms with van der Waals surface area (Å²) in [4.78, 5) is 30.8. The molecule has 0 unspecified atom stereocenters. The Balaban J connectivity index is 3.94. The van der Waals surface area contributed by atoms with Crippen molar-refractivity contribution in [3.63, 3.8) is 0 Å². The molecule has 6 nitrogen and oxygen atoms in total. The fourth-order valence-corrected chi connectivity index (χ4v) is 0.284. The van der Waals surface area contributed by atoms with Gasteiger partial charge in [0.1, 0.15) is 0 Å². The molecular weight excluding hydrogens is 138 g/mol. The van der Waals surface area contributed by atoms with E-state index in [0.717, 1.165) is 0 Å². The fraction of sp³-hybridized carbons (Fsp3) is 0.500. The molecule has 0 aliphatic heterocycles. The number of hydrogen-bond donors (Lipinski definition) is 1. The normalized spacial score (nSPS) is 8.50. The zero-order chi connectivity index (χ0) is 8.15. The second-order valence-electron chi connectivity index (χ2n) is 1.58. The Bertz CT molecular complexity index is 167. The van der Waals surface area contributed by atoms with Crippen LogP contribution in [0.3, 0.4) is 0 Å². The predicted molar refractivity (Wildman–Crippen MR) is 33.0 cm³/mol. The van der Waals surface area contributed by atoms with Crippen LogP contribution in [0, 0.1) is 4.91 Å². The Morgan fingerprint density at radius 3 is 2.40 bits per heavy atom.